The summed E-state index contributed by atoms with van der Waals surface area (Å²) in [5, 5.41) is 7.27. The zero-order chi connectivity index (χ0) is 18.5. The topological polar surface area (TPSA) is 72.2 Å². The molecule has 0 aliphatic carbocycles. The number of carbonyl (C=O) groups is 1. The maximum Gasteiger partial charge on any atom is 0.252 e. The molecule has 1 atom stereocenters. The lowest BCUT2D eigenvalue weighted by Crippen LogP contribution is -2.28. The number of aromatic nitrogens is 4. The van der Waals surface area contributed by atoms with E-state index >= 15 is 0 Å². The van der Waals surface area contributed by atoms with Crippen molar-refractivity contribution in [2.24, 2.45) is 0 Å². The van der Waals surface area contributed by atoms with Gasteiger partial charge in [0.15, 0.2) is 0 Å². The summed E-state index contributed by atoms with van der Waals surface area (Å²) in [4.78, 5) is 20.9. The minimum atomic E-state index is 0.0665. The van der Waals surface area contributed by atoms with E-state index in [1.54, 1.807) is 4.52 Å². The molecule has 2 heterocycles. The Bertz CT molecular complexity index is 888. The second-order valence-corrected chi connectivity index (χ2v) is 6.55. The number of hydrogen-bond acceptors (Lipinski definition) is 4. The third-order valence-corrected chi connectivity index (χ3v) is 4.90. The molecule has 0 aliphatic heterocycles. The van der Waals surface area contributed by atoms with Gasteiger partial charge in [-0.25, -0.2) is 9.50 Å². The minimum Gasteiger partial charge on any atom is -0.355 e. The second kappa shape index (κ2) is 8.08. The Labute approximate surface area is 153 Å². The van der Waals surface area contributed by atoms with Crippen molar-refractivity contribution < 1.29 is 4.79 Å². The van der Waals surface area contributed by atoms with E-state index in [1.165, 1.54) is 11.9 Å². The lowest BCUT2D eigenvalue weighted by molar-refractivity contribution is -0.121. The molecular weight excluding hydrogens is 326 g/mol. The summed E-state index contributed by atoms with van der Waals surface area (Å²) >= 11 is 0. The van der Waals surface area contributed by atoms with Gasteiger partial charge in [0, 0.05) is 30.3 Å². The Kier molecular flexibility index (Phi) is 5.61. The van der Waals surface area contributed by atoms with Crippen LogP contribution in [-0.4, -0.2) is 32.0 Å². The summed E-state index contributed by atoms with van der Waals surface area (Å²) < 4.78 is 1.72. The Balaban J connectivity index is 1.59. The van der Waals surface area contributed by atoms with Crippen LogP contribution in [0.3, 0.4) is 0 Å². The molecule has 6 nitrogen and oxygen atoms in total. The predicted octanol–water partition coefficient (Wildman–Crippen LogP) is 2.98. The molecule has 0 saturated carbocycles. The summed E-state index contributed by atoms with van der Waals surface area (Å²) in [5.41, 5.74) is 4.23. The summed E-state index contributed by atoms with van der Waals surface area (Å²) in [6.45, 7) is 6.76. The van der Waals surface area contributed by atoms with Gasteiger partial charge < -0.3 is 5.32 Å². The van der Waals surface area contributed by atoms with Crippen LogP contribution in [0, 0.1) is 13.8 Å². The molecule has 26 heavy (non-hydrogen) atoms. The van der Waals surface area contributed by atoms with Crippen LogP contribution in [0.15, 0.2) is 36.7 Å². The van der Waals surface area contributed by atoms with E-state index in [0.29, 0.717) is 31.1 Å². The minimum absolute atomic E-state index is 0.0665. The first-order valence-corrected chi connectivity index (χ1v) is 9.07. The maximum atomic E-state index is 12.3. The molecule has 6 heteroatoms. The zero-order valence-electron chi connectivity index (χ0n) is 15.6. The molecule has 1 amide bonds. The molecule has 3 aromatic rings. The number of carbonyl (C=O) groups excluding carboxylic acids is 1. The number of fused-ring (bicyclic) bond motifs is 1. The third kappa shape index (κ3) is 3.90. The fraction of sp³-hybridized carbons (Fsp3) is 0.400. The van der Waals surface area contributed by atoms with Gasteiger partial charge in [-0.3, -0.25) is 4.79 Å². The monoisotopic (exact) mass is 351 g/mol. The number of benzene rings is 1. The summed E-state index contributed by atoms with van der Waals surface area (Å²) in [6.07, 6.45) is 3.58. The van der Waals surface area contributed by atoms with Gasteiger partial charge in [-0.2, -0.15) is 10.1 Å². The lowest BCUT2D eigenvalue weighted by Gasteiger charge is -2.16. The van der Waals surface area contributed by atoms with Gasteiger partial charge >= 0.3 is 0 Å². The normalized spacial score (nSPS) is 12.3. The van der Waals surface area contributed by atoms with Crippen molar-refractivity contribution in [1.29, 1.82) is 0 Å². The fourth-order valence-electron chi connectivity index (χ4n) is 3.30. The maximum absolute atomic E-state index is 12.3. The number of nitrogens with one attached hydrogen (secondary N) is 1. The Morgan fingerprint density at radius 2 is 2.00 bits per heavy atom. The van der Waals surface area contributed by atoms with Crippen LogP contribution >= 0.6 is 0 Å². The fourth-order valence-corrected chi connectivity index (χ4v) is 3.30. The van der Waals surface area contributed by atoms with E-state index < -0.39 is 0 Å². The molecule has 0 aliphatic rings. The average Bonchev–Trinajstić information content (AvgIpc) is 3.11. The molecule has 0 fully saturated rings. The van der Waals surface area contributed by atoms with Gasteiger partial charge in [0.1, 0.15) is 6.33 Å². The summed E-state index contributed by atoms with van der Waals surface area (Å²) in [6, 6.07) is 10.3. The van der Waals surface area contributed by atoms with Gasteiger partial charge in [-0.05, 0) is 37.8 Å². The zero-order valence-corrected chi connectivity index (χ0v) is 15.6. The van der Waals surface area contributed by atoms with Crippen molar-refractivity contribution in [3.8, 4) is 0 Å². The first-order valence-electron chi connectivity index (χ1n) is 9.07. The van der Waals surface area contributed by atoms with Crippen molar-refractivity contribution in [1.82, 2.24) is 24.9 Å². The predicted molar refractivity (Wildman–Crippen MR) is 101 cm³/mol. The molecule has 1 N–H and O–H groups in total. The molecule has 0 radical (unpaired) electrons. The molecule has 0 bridgehead atoms. The number of amides is 1. The highest BCUT2D eigenvalue weighted by atomic mass is 16.1. The Hall–Kier alpha value is -2.76. The molecule has 0 spiro atoms. The average molecular weight is 351 g/mol. The van der Waals surface area contributed by atoms with Crippen molar-refractivity contribution in [3.05, 3.63) is 59.2 Å². The van der Waals surface area contributed by atoms with E-state index in [2.05, 4.69) is 39.4 Å². The molecule has 0 unspecified atom stereocenters. The van der Waals surface area contributed by atoms with E-state index in [-0.39, 0.29) is 5.91 Å². The van der Waals surface area contributed by atoms with Crippen LogP contribution in [0.2, 0.25) is 0 Å². The Morgan fingerprint density at radius 1 is 1.23 bits per heavy atom. The quantitative estimate of drug-likeness (QED) is 0.710. The summed E-state index contributed by atoms with van der Waals surface area (Å²) in [5.74, 6) is 1.01. The van der Waals surface area contributed by atoms with Crippen LogP contribution in [0.4, 0.5) is 0 Å². The standard InChI is InChI=1S/C20H25N5O/c1-4-16(17-8-6-5-7-9-17)12-21-19(26)11-10-18-14(2)24-20-22-13-23-25(20)15(18)3/h5-9,13,16H,4,10-12H2,1-3H3,(H,21,26)/t16-/m0/s1. The smallest absolute Gasteiger partial charge is 0.252 e. The SMILES string of the molecule is CC[C@@H](CNC(=O)CCc1c(C)nc2ncnn2c1C)c1ccccc1. The summed E-state index contributed by atoms with van der Waals surface area (Å²) in [7, 11) is 0. The van der Waals surface area contributed by atoms with Crippen molar-refractivity contribution >= 4 is 11.7 Å². The van der Waals surface area contributed by atoms with Gasteiger partial charge in [-0.15, -0.1) is 0 Å². The first-order chi connectivity index (χ1) is 12.6. The molecule has 136 valence electrons. The van der Waals surface area contributed by atoms with E-state index in [0.717, 1.165) is 23.4 Å². The van der Waals surface area contributed by atoms with Crippen LogP contribution < -0.4 is 5.32 Å². The number of hydrogen-bond donors (Lipinski definition) is 1. The van der Waals surface area contributed by atoms with E-state index in [4.69, 9.17) is 0 Å². The molecule has 2 aromatic heterocycles. The highest BCUT2D eigenvalue weighted by molar-refractivity contribution is 5.76. The third-order valence-electron chi connectivity index (χ3n) is 4.90. The van der Waals surface area contributed by atoms with Gasteiger partial charge in [-0.1, -0.05) is 37.3 Å². The molecular formula is C20H25N5O. The number of rotatable bonds is 7. The Morgan fingerprint density at radius 3 is 2.73 bits per heavy atom. The second-order valence-electron chi connectivity index (χ2n) is 6.55. The largest absolute Gasteiger partial charge is 0.355 e. The van der Waals surface area contributed by atoms with E-state index in [1.807, 2.05) is 32.0 Å². The highest BCUT2D eigenvalue weighted by Gasteiger charge is 2.14. The van der Waals surface area contributed by atoms with Crippen LogP contribution in [0.1, 0.15) is 48.2 Å². The van der Waals surface area contributed by atoms with Crippen molar-refractivity contribution in [3.63, 3.8) is 0 Å². The number of nitrogens with zero attached hydrogens (tertiary/aromatic N) is 4. The van der Waals surface area contributed by atoms with Gasteiger partial charge in [0.05, 0.1) is 0 Å². The van der Waals surface area contributed by atoms with Gasteiger partial charge in [0.2, 0.25) is 5.91 Å². The number of aryl methyl sites for hydroxylation is 2. The van der Waals surface area contributed by atoms with Crippen molar-refractivity contribution in [2.45, 2.75) is 46.0 Å². The van der Waals surface area contributed by atoms with E-state index in [9.17, 15) is 4.79 Å². The molecule has 0 saturated heterocycles. The first kappa shape index (κ1) is 18.0. The van der Waals surface area contributed by atoms with Gasteiger partial charge in [0.25, 0.3) is 5.78 Å². The van der Waals surface area contributed by atoms with Crippen molar-refractivity contribution in [2.75, 3.05) is 6.54 Å². The molecule has 1 aromatic carbocycles. The van der Waals surface area contributed by atoms with Crippen LogP contribution in [0.25, 0.3) is 5.78 Å². The van der Waals surface area contributed by atoms with Crippen LogP contribution in [-0.2, 0) is 11.2 Å². The highest BCUT2D eigenvalue weighted by Crippen LogP contribution is 2.18. The van der Waals surface area contributed by atoms with Crippen LogP contribution in [0.5, 0.6) is 0 Å². The molecule has 3 rings (SSSR count). The lowest BCUT2D eigenvalue weighted by atomic mass is 9.96.